The Morgan fingerprint density at radius 2 is 1.84 bits per heavy atom. The van der Waals surface area contributed by atoms with Gasteiger partial charge in [-0.3, -0.25) is 4.79 Å². The maximum atomic E-state index is 11.9. The highest BCUT2D eigenvalue weighted by atomic mass is 32.1. The van der Waals surface area contributed by atoms with Gasteiger partial charge in [0, 0.05) is 23.5 Å². The number of carbonyl (C=O) groups is 2. The van der Waals surface area contributed by atoms with Crippen molar-refractivity contribution in [3.8, 4) is 0 Å². The zero-order chi connectivity index (χ0) is 26.7. The molecule has 1 amide bonds. The average Bonchev–Trinajstić information content (AvgIpc) is 3.61. The molecule has 2 saturated heterocycles. The highest BCUT2D eigenvalue weighted by molar-refractivity contribution is 7.13. The Hall–Kier alpha value is -2.22. The third kappa shape index (κ3) is 9.55. The molecule has 6 nitrogen and oxygen atoms in total. The smallest absolute Gasteiger partial charge is 0.348 e. The van der Waals surface area contributed by atoms with Crippen LogP contribution in [-0.4, -0.2) is 43.5 Å². The van der Waals surface area contributed by atoms with Crippen LogP contribution in [0.3, 0.4) is 0 Å². The third-order valence-corrected chi connectivity index (χ3v) is 7.59. The molecule has 3 heterocycles. The van der Waals surface area contributed by atoms with Crippen molar-refractivity contribution in [2.75, 3.05) is 24.7 Å². The Balaban J connectivity index is 0.000000206. The highest BCUT2D eigenvalue weighted by Crippen LogP contribution is 2.24. The van der Waals surface area contributed by atoms with Crippen LogP contribution in [0, 0.1) is 0 Å². The number of amides is 1. The fourth-order valence-corrected chi connectivity index (χ4v) is 5.48. The fourth-order valence-electron chi connectivity index (χ4n) is 4.47. The van der Waals surface area contributed by atoms with Gasteiger partial charge < -0.3 is 19.1 Å². The fraction of sp³-hybridized carbons (Fsp3) is 0.600. The molecule has 0 spiro atoms. The summed E-state index contributed by atoms with van der Waals surface area (Å²) in [4.78, 5) is 27.3. The maximum Gasteiger partial charge on any atom is 0.348 e. The minimum atomic E-state index is -0.575. The lowest BCUT2D eigenvalue weighted by atomic mass is 10.1. The van der Waals surface area contributed by atoms with E-state index in [1.165, 1.54) is 47.5 Å². The number of benzene rings is 1. The molecule has 0 saturated carbocycles. The van der Waals surface area contributed by atoms with Crippen LogP contribution in [0.4, 0.5) is 5.69 Å². The highest BCUT2D eigenvalue weighted by Gasteiger charge is 2.33. The summed E-state index contributed by atoms with van der Waals surface area (Å²) in [6.45, 7) is 9.65. The van der Waals surface area contributed by atoms with E-state index in [1.807, 2.05) is 30.9 Å². The van der Waals surface area contributed by atoms with Gasteiger partial charge in [0.15, 0.2) is 5.79 Å². The van der Waals surface area contributed by atoms with E-state index in [0.29, 0.717) is 17.9 Å². The summed E-state index contributed by atoms with van der Waals surface area (Å²) in [5, 5.41) is 0. The van der Waals surface area contributed by atoms with E-state index >= 15 is 0 Å². The number of esters is 1. The first-order valence-electron chi connectivity index (χ1n) is 13.8. The summed E-state index contributed by atoms with van der Waals surface area (Å²) in [5.41, 5.74) is 2.45. The number of nitrogens with zero attached hydrogens (tertiary/aromatic N) is 1. The summed E-state index contributed by atoms with van der Waals surface area (Å²) in [6, 6.07) is 12.4. The van der Waals surface area contributed by atoms with E-state index in [4.69, 9.17) is 14.2 Å². The van der Waals surface area contributed by atoms with Crippen molar-refractivity contribution in [3.05, 3.63) is 51.7 Å². The second-order valence-electron chi connectivity index (χ2n) is 10.2. The minimum absolute atomic E-state index is 0.172. The third-order valence-electron chi connectivity index (χ3n) is 6.47. The molecule has 204 valence electrons. The molecule has 37 heavy (non-hydrogen) atoms. The van der Waals surface area contributed by atoms with Gasteiger partial charge in [0.2, 0.25) is 5.91 Å². The molecule has 0 N–H and O–H groups in total. The lowest BCUT2D eigenvalue weighted by molar-refractivity contribution is -0.142. The molecule has 0 aliphatic carbocycles. The predicted molar refractivity (Wildman–Crippen MR) is 149 cm³/mol. The van der Waals surface area contributed by atoms with Crippen LogP contribution in [-0.2, 0) is 31.8 Å². The first-order chi connectivity index (χ1) is 17.8. The molecule has 2 aliphatic heterocycles. The number of rotatable bonds is 11. The molecular weight excluding hydrogens is 486 g/mol. The molecule has 7 heteroatoms. The molecule has 1 atom stereocenters. The van der Waals surface area contributed by atoms with Gasteiger partial charge >= 0.3 is 5.97 Å². The number of hydrogen-bond acceptors (Lipinski definition) is 6. The van der Waals surface area contributed by atoms with Crippen molar-refractivity contribution in [3.63, 3.8) is 0 Å². The first kappa shape index (κ1) is 29.3. The SMILES string of the molecule is CCCCCCc1ccc(N2CCCC2=O)cc1.CCCc1ccc(C(=O)OCC2COC(C)(C)O2)s1. The Kier molecular flexibility index (Phi) is 11.6. The van der Waals surface area contributed by atoms with E-state index < -0.39 is 5.79 Å². The summed E-state index contributed by atoms with van der Waals surface area (Å²) in [6.07, 6.45) is 10.00. The van der Waals surface area contributed by atoms with Crippen LogP contribution in [0.25, 0.3) is 0 Å². The van der Waals surface area contributed by atoms with Crippen LogP contribution < -0.4 is 4.90 Å². The van der Waals surface area contributed by atoms with Crippen LogP contribution in [0.1, 0.15) is 92.8 Å². The van der Waals surface area contributed by atoms with Crippen LogP contribution >= 0.6 is 11.3 Å². The van der Waals surface area contributed by atoms with Gasteiger partial charge in [0.1, 0.15) is 17.6 Å². The van der Waals surface area contributed by atoms with E-state index in [2.05, 4.69) is 38.1 Å². The lowest BCUT2D eigenvalue weighted by Gasteiger charge is -2.16. The molecule has 0 radical (unpaired) electrons. The van der Waals surface area contributed by atoms with Crippen molar-refractivity contribution < 1.29 is 23.8 Å². The van der Waals surface area contributed by atoms with Crippen LogP contribution in [0.5, 0.6) is 0 Å². The Morgan fingerprint density at radius 3 is 2.46 bits per heavy atom. The molecule has 2 fully saturated rings. The molecular formula is C30H43NO5S. The van der Waals surface area contributed by atoms with Crippen molar-refractivity contribution in [2.24, 2.45) is 0 Å². The predicted octanol–water partition coefficient (Wildman–Crippen LogP) is 6.95. The number of aryl methyl sites for hydroxylation is 2. The van der Waals surface area contributed by atoms with Crippen LogP contribution in [0.15, 0.2) is 36.4 Å². The Morgan fingerprint density at radius 1 is 1.05 bits per heavy atom. The summed E-state index contributed by atoms with van der Waals surface area (Å²) in [7, 11) is 0. The quantitative estimate of drug-likeness (QED) is 0.233. The van der Waals surface area contributed by atoms with Gasteiger partial charge in [-0.1, -0.05) is 51.7 Å². The monoisotopic (exact) mass is 529 g/mol. The molecule has 2 aromatic rings. The van der Waals surface area contributed by atoms with Crippen molar-refractivity contribution >= 4 is 28.9 Å². The summed E-state index contributed by atoms with van der Waals surface area (Å²) >= 11 is 1.50. The lowest BCUT2D eigenvalue weighted by Crippen LogP contribution is -2.25. The standard InChI is InChI=1S/C16H23NO.C14H20O4S/c1-2-3-4-5-7-14-9-11-15(12-10-14)17-13-6-8-16(17)18;1-4-5-11-6-7-12(19-11)13(15)16-8-10-9-17-14(2,3)18-10/h9-12H,2-8,13H2,1H3;6-7,10H,4-5,8-9H2,1-3H3. The Labute approximate surface area is 226 Å². The zero-order valence-electron chi connectivity index (χ0n) is 22.9. The van der Waals surface area contributed by atoms with E-state index in [1.54, 1.807) is 0 Å². The number of ether oxygens (including phenoxy) is 3. The van der Waals surface area contributed by atoms with Gasteiger partial charge in [0.05, 0.1) is 6.61 Å². The van der Waals surface area contributed by atoms with Crippen molar-refractivity contribution in [2.45, 2.75) is 97.4 Å². The first-order valence-corrected chi connectivity index (χ1v) is 14.6. The minimum Gasteiger partial charge on any atom is -0.459 e. The summed E-state index contributed by atoms with van der Waals surface area (Å²) < 4.78 is 16.3. The van der Waals surface area contributed by atoms with Gasteiger partial charge in [-0.15, -0.1) is 11.3 Å². The van der Waals surface area contributed by atoms with E-state index in [-0.39, 0.29) is 24.6 Å². The molecule has 1 aromatic carbocycles. The number of anilines is 1. The molecule has 0 bridgehead atoms. The topological polar surface area (TPSA) is 65.1 Å². The molecule has 1 aromatic heterocycles. The number of thiophene rings is 1. The second-order valence-corrected chi connectivity index (χ2v) is 11.4. The zero-order valence-corrected chi connectivity index (χ0v) is 23.7. The van der Waals surface area contributed by atoms with E-state index in [9.17, 15) is 9.59 Å². The number of hydrogen-bond donors (Lipinski definition) is 0. The second kappa shape index (κ2) is 14.6. The molecule has 1 unspecified atom stereocenters. The molecule has 4 rings (SSSR count). The number of unbranched alkanes of at least 4 members (excludes halogenated alkanes) is 3. The van der Waals surface area contributed by atoms with Gasteiger partial charge in [0.25, 0.3) is 0 Å². The average molecular weight is 530 g/mol. The van der Waals surface area contributed by atoms with Gasteiger partial charge in [-0.05, 0) is 69.4 Å². The van der Waals surface area contributed by atoms with E-state index in [0.717, 1.165) is 37.9 Å². The van der Waals surface area contributed by atoms with Crippen molar-refractivity contribution in [1.29, 1.82) is 0 Å². The largest absolute Gasteiger partial charge is 0.459 e. The molecule has 2 aliphatic rings. The Bertz CT molecular complexity index is 984. The van der Waals surface area contributed by atoms with Gasteiger partial charge in [-0.25, -0.2) is 4.79 Å². The normalized spacial score (nSPS) is 18.5. The van der Waals surface area contributed by atoms with Gasteiger partial charge in [-0.2, -0.15) is 0 Å². The number of carbonyl (C=O) groups excluding carboxylic acids is 2. The summed E-state index contributed by atoms with van der Waals surface area (Å²) in [5.74, 6) is -0.583. The van der Waals surface area contributed by atoms with Crippen LogP contribution in [0.2, 0.25) is 0 Å². The van der Waals surface area contributed by atoms with Crippen molar-refractivity contribution in [1.82, 2.24) is 0 Å². The maximum absolute atomic E-state index is 11.9.